The minimum atomic E-state index is -0.985. The molecule has 0 saturated carbocycles. The Bertz CT molecular complexity index is 827. The molecule has 104 valence electrons. The van der Waals surface area contributed by atoms with E-state index in [1.807, 2.05) is 24.3 Å². The van der Waals surface area contributed by atoms with Gasteiger partial charge in [-0.25, -0.2) is 4.79 Å². The lowest BCUT2D eigenvalue weighted by Crippen LogP contribution is -1.96. The van der Waals surface area contributed by atoms with Crippen LogP contribution in [0.15, 0.2) is 60.7 Å². The topological polar surface area (TPSA) is 46.5 Å². The third-order valence-electron chi connectivity index (χ3n) is 3.14. The number of carbonyl (C=O) groups is 1. The van der Waals surface area contributed by atoms with Crippen molar-refractivity contribution in [2.75, 3.05) is 0 Å². The van der Waals surface area contributed by atoms with Crippen LogP contribution in [0.1, 0.15) is 10.4 Å². The van der Waals surface area contributed by atoms with E-state index in [0.717, 1.165) is 10.8 Å². The van der Waals surface area contributed by atoms with Crippen molar-refractivity contribution in [3.05, 3.63) is 71.2 Å². The monoisotopic (exact) mass is 298 g/mol. The maximum atomic E-state index is 11.0. The van der Waals surface area contributed by atoms with Gasteiger partial charge in [0, 0.05) is 15.8 Å². The second-order valence-electron chi connectivity index (χ2n) is 4.53. The average Bonchev–Trinajstić information content (AvgIpc) is 2.51. The molecule has 0 unspecified atom stereocenters. The molecule has 3 nitrogen and oxygen atoms in total. The van der Waals surface area contributed by atoms with E-state index in [4.69, 9.17) is 21.4 Å². The molecule has 0 aromatic heterocycles. The molecule has 0 aliphatic heterocycles. The Balaban J connectivity index is 2.04. The second kappa shape index (κ2) is 5.46. The van der Waals surface area contributed by atoms with Crippen LogP contribution < -0.4 is 4.74 Å². The van der Waals surface area contributed by atoms with Crippen LogP contribution in [0, 0.1) is 0 Å². The van der Waals surface area contributed by atoms with Gasteiger partial charge in [0.05, 0.1) is 5.56 Å². The molecule has 0 amide bonds. The number of ether oxygens (including phenoxy) is 1. The number of carboxylic acid groups (broad SMARTS) is 1. The molecular formula is C17H11ClO3. The minimum Gasteiger partial charge on any atom is -0.478 e. The van der Waals surface area contributed by atoms with Gasteiger partial charge in [0.25, 0.3) is 0 Å². The third kappa shape index (κ3) is 2.69. The van der Waals surface area contributed by atoms with E-state index in [0.29, 0.717) is 16.5 Å². The van der Waals surface area contributed by atoms with Gasteiger partial charge in [0.2, 0.25) is 0 Å². The van der Waals surface area contributed by atoms with Crippen LogP contribution in [-0.2, 0) is 0 Å². The van der Waals surface area contributed by atoms with Crippen LogP contribution in [0.25, 0.3) is 10.8 Å². The fourth-order valence-electron chi connectivity index (χ4n) is 2.14. The van der Waals surface area contributed by atoms with Crippen LogP contribution in [0.2, 0.25) is 5.02 Å². The van der Waals surface area contributed by atoms with Crippen molar-refractivity contribution in [2.24, 2.45) is 0 Å². The number of rotatable bonds is 3. The van der Waals surface area contributed by atoms with Gasteiger partial charge in [-0.15, -0.1) is 0 Å². The number of halogens is 1. The highest BCUT2D eigenvalue weighted by Gasteiger charge is 2.08. The van der Waals surface area contributed by atoms with Crippen molar-refractivity contribution in [3.63, 3.8) is 0 Å². The van der Waals surface area contributed by atoms with Gasteiger partial charge in [0.15, 0.2) is 0 Å². The number of aromatic carboxylic acids is 1. The van der Waals surface area contributed by atoms with Gasteiger partial charge in [-0.05, 0) is 30.3 Å². The number of hydrogen-bond acceptors (Lipinski definition) is 2. The first-order valence-electron chi connectivity index (χ1n) is 6.33. The second-order valence-corrected chi connectivity index (χ2v) is 4.93. The number of hydrogen-bond donors (Lipinski definition) is 1. The molecule has 3 rings (SSSR count). The summed E-state index contributed by atoms with van der Waals surface area (Å²) in [5.74, 6) is 0.126. The number of fused-ring (bicyclic) bond motifs is 1. The molecule has 0 aliphatic carbocycles. The highest BCUT2D eigenvalue weighted by molar-refractivity contribution is 6.35. The highest BCUT2D eigenvalue weighted by Crippen LogP contribution is 2.34. The van der Waals surface area contributed by atoms with Gasteiger partial charge in [-0.1, -0.05) is 41.9 Å². The largest absolute Gasteiger partial charge is 0.478 e. The molecule has 0 saturated heterocycles. The zero-order valence-electron chi connectivity index (χ0n) is 10.9. The van der Waals surface area contributed by atoms with Crippen LogP contribution in [0.5, 0.6) is 11.5 Å². The summed E-state index contributed by atoms with van der Waals surface area (Å²) in [6, 6.07) is 17.6. The van der Waals surface area contributed by atoms with Crippen molar-refractivity contribution in [1.82, 2.24) is 0 Å². The Morgan fingerprint density at radius 2 is 1.71 bits per heavy atom. The minimum absolute atomic E-state index is 0.186. The Labute approximate surface area is 126 Å². The molecule has 21 heavy (non-hydrogen) atoms. The number of carboxylic acids is 1. The van der Waals surface area contributed by atoms with Gasteiger partial charge in [-0.2, -0.15) is 0 Å². The van der Waals surface area contributed by atoms with Crippen LogP contribution >= 0.6 is 11.6 Å². The van der Waals surface area contributed by atoms with Crippen LogP contribution in [0.3, 0.4) is 0 Å². The van der Waals surface area contributed by atoms with E-state index >= 15 is 0 Å². The van der Waals surface area contributed by atoms with E-state index in [2.05, 4.69) is 0 Å². The molecule has 1 N–H and O–H groups in total. The van der Waals surface area contributed by atoms with Crippen molar-refractivity contribution < 1.29 is 14.6 Å². The smallest absolute Gasteiger partial charge is 0.335 e. The van der Waals surface area contributed by atoms with Crippen molar-refractivity contribution in [2.45, 2.75) is 0 Å². The zero-order valence-corrected chi connectivity index (χ0v) is 11.7. The predicted octanol–water partition coefficient (Wildman–Crippen LogP) is 4.98. The summed E-state index contributed by atoms with van der Waals surface area (Å²) in [4.78, 5) is 11.0. The van der Waals surface area contributed by atoms with Gasteiger partial charge >= 0.3 is 5.97 Å². The number of benzene rings is 3. The lowest BCUT2D eigenvalue weighted by molar-refractivity contribution is 0.0696. The van der Waals surface area contributed by atoms with Gasteiger partial charge in [0.1, 0.15) is 11.5 Å². The van der Waals surface area contributed by atoms with E-state index in [9.17, 15) is 4.79 Å². The molecule has 0 aliphatic rings. The quantitative estimate of drug-likeness (QED) is 0.741. The first-order valence-corrected chi connectivity index (χ1v) is 6.71. The summed E-state index contributed by atoms with van der Waals surface area (Å²) in [6.45, 7) is 0. The molecule has 0 radical (unpaired) electrons. The Hall–Kier alpha value is -2.52. The van der Waals surface area contributed by atoms with Crippen molar-refractivity contribution >= 4 is 28.3 Å². The standard InChI is InChI=1S/C17H11ClO3/c18-15-8-9-16(14-7-2-1-6-13(14)15)21-12-5-3-4-11(10-12)17(19)20/h1-10H,(H,19,20). The van der Waals surface area contributed by atoms with Gasteiger partial charge in [-0.3, -0.25) is 0 Å². The van der Waals surface area contributed by atoms with Crippen molar-refractivity contribution in [3.8, 4) is 11.5 Å². The summed E-state index contributed by atoms with van der Waals surface area (Å²) in [5.41, 5.74) is 0.186. The summed E-state index contributed by atoms with van der Waals surface area (Å²) in [7, 11) is 0. The van der Waals surface area contributed by atoms with E-state index in [-0.39, 0.29) is 5.56 Å². The summed E-state index contributed by atoms with van der Waals surface area (Å²) in [5, 5.41) is 11.4. The molecule has 0 fully saturated rings. The fourth-order valence-corrected chi connectivity index (χ4v) is 2.37. The molecule has 0 spiro atoms. The summed E-state index contributed by atoms with van der Waals surface area (Å²) in [6.07, 6.45) is 0. The Morgan fingerprint density at radius 1 is 0.952 bits per heavy atom. The highest BCUT2D eigenvalue weighted by atomic mass is 35.5. The summed E-state index contributed by atoms with van der Waals surface area (Å²) >= 11 is 6.17. The molecule has 4 heteroatoms. The Kier molecular flexibility index (Phi) is 3.50. The molecular weight excluding hydrogens is 288 g/mol. The maximum absolute atomic E-state index is 11.0. The molecule has 0 heterocycles. The predicted molar refractivity (Wildman–Crippen MR) is 82.4 cm³/mol. The Morgan fingerprint density at radius 3 is 2.48 bits per heavy atom. The van der Waals surface area contributed by atoms with E-state index < -0.39 is 5.97 Å². The lowest BCUT2D eigenvalue weighted by Gasteiger charge is -2.10. The molecule has 3 aromatic carbocycles. The lowest BCUT2D eigenvalue weighted by atomic mass is 10.1. The van der Waals surface area contributed by atoms with Crippen LogP contribution in [-0.4, -0.2) is 11.1 Å². The fraction of sp³-hybridized carbons (Fsp3) is 0. The third-order valence-corrected chi connectivity index (χ3v) is 3.47. The van der Waals surface area contributed by atoms with Crippen molar-refractivity contribution in [1.29, 1.82) is 0 Å². The van der Waals surface area contributed by atoms with E-state index in [1.54, 1.807) is 24.3 Å². The maximum Gasteiger partial charge on any atom is 0.335 e. The van der Waals surface area contributed by atoms with Gasteiger partial charge < -0.3 is 9.84 Å². The zero-order chi connectivity index (χ0) is 14.8. The average molecular weight is 299 g/mol. The first-order chi connectivity index (χ1) is 10.1. The molecule has 3 aromatic rings. The SMILES string of the molecule is O=C(O)c1cccc(Oc2ccc(Cl)c3ccccc23)c1. The summed E-state index contributed by atoms with van der Waals surface area (Å²) < 4.78 is 5.82. The molecule has 0 atom stereocenters. The normalized spacial score (nSPS) is 10.5. The molecule has 0 bridgehead atoms. The van der Waals surface area contributed by atoms with E-state index in [1.165, 1.54) is 12.1 Å². The first kappa shape index (κ1) is 13.5. The van der Waals surface area contributed by atoms with Crippen LogP contribution in [0.4, 0.5) is 0 Å².